The summed E-state index contributed by atoms with van der Waals surface area (Å²) in [6.07, 6.45) is 1.86. The van der Waals surface area contributed by atoms with E-state index in [1.165, 1.54) is 11.1 Å². The number of carbonyl (C=O) groups is 1. The molecule has 160 valence electrons. The molecule has 0 bridgehead atoms. The second-order valence-electron chi connectivity index (χ2n) is 9.63. The minimum Gasteiger partial charge on any atom is -0.443 e. The Morgan fingerprint density at radius 1 is 1.10 bits per heavy atom. The van der Waals surface area contributed by atoms with Crippen LogP contribution in [0.15, 0.2) is 48.5 Å². The molecular formula is C25H33N3O2. The molecule has 2 aliphatic heterocycles. The van der Waals surface area contributed by atoms with Gasteiger partial charge in [-0.2, -0.15) is 0 Å². The van der Waals surface area contributed by atoms with Crippen molar-refractivity contribution in [3.05, 3.63) is 59.7 Å². The van der Waals surface area contributed by atoms with Crippen LogP contribution >= 0.6 is 0 Å². The fourth-order valence-corrected chi connectivity index (χ4v) is 4.71. The number of amides is 1. The van der Waals surface area contributed by atoms with Crippen LogP contribution in [0.1, 0.15) is 44.7 Å². The molecule has 1 N–H and O–H groups in total. The molecule has 2 aromatic carbocycles. The van der Waals surface area contributed by atoms with Gasteiger partial charge in [0.2, 0.25) is 0 Å². The second-order valence-corrected chi connectivity index (χ2v) is 9.63. The maximum atomic E-state index is 12.8. The van der Waals surface area contributed by atoms with Gasteiger partial charge in [-0.05, 0) is 64.4 Å². The van der Waals surface area contributed by atoms with Crippen molar-refractivity contribution in [1.82, 2.24) is 4.90 Å². The van der Waals surface area contributed by atoms with Crippen LogP contribution in [0.2, 0.25) is 0 Å². The topological polar surface area (TPSA) is 44.8 Å². The predicted molar refractivity (Wildman–Crippen MR) is 122 cm³/mol. The van der Waals surface area contributed by atoms with Gasteiger partial charge in [-0.15, -0.1) is 0 Å². The number of hydrogen-bond donors (Lipinski definition) is 1. The van der Waals surface area contributed by atoms with Crippen molar-refractivity contribution in [2.75, 3.05) is 36.9 Å². The first-order chi connectivity index (χ1) is 14.3. The predicted octanol–water partition coefficient (Wildman–Crippen LogP) is 5.02. The molecule has 1 fully saturated rings. The number of piperidine rings is 1. The molecular weight excluding hydrogens is 374 g/mol. The molecule has 4 rings (SSSR count). The minimum atomic E-state index is -0.512. The van der Waals surface area contributed by atoms with E-state index in [0.29, 0.717) is 0 Å². The van der Waals surface area contributed by atoms with Crippen molar-refractivity contribution in [1.29, 1.82) is 0 Å². The van der Waals surface area contributed by atoms with Crippen molar-refractivity contribution < 1.29 is 9.53 Å². The summed E-state index contributed by atoms with van der Waals surface area (Å²) in [6.45, 7) is 9.75. The summed E-state index contributed by atoms with van der Waals surface area (Å²) in [7, 11) is 1.82. The number of ether oxygens (including phenoxy) is 1. The van der Waals surface area contributed by atoms with Gasteiger partial charge in [0.05, 0.1) is 5.69 Å². The molecule has 0 unspecified atom stereocenters. The zero-order chi connectivity index (χ0) is 21.4. The highest BCUT2D eigenvalue weighted by atomic mass is 16.6. The first-order valence-electron chi connectivity index (χ1n) is 10.9. The Kier molecular flexibility index (Phi) is 5.49. The Hall–Kier alpha value is -2.53. The number of hydrogen-bond acceptors (Lipinski definition) is 4. The van der Waals surface area contributed by atoms with Gasteiger partial charge in [0.25, 0.3) is 0 Å². The van der Waals surface area contributed by atoms with E-state index in [0.717, 1.165) is 50.4 Å². The van der Waals surface area contributed by atoms with Gasteiger partial charge in [-0.25, -0.2) is 4.79 Å². The van der Waals surface area contributed by atoms with Crippen LogP contribution in [0.25, 0.3) is 0 Å². The van der Waals surface area contributed by atoms with E-state index < -0.39 is 5.60 Å². The first kappa shape index (κ1) is 20.7. The summed E-state index contributed by atoms with van der Waals surface area (Å²) < 4.78 is 5.63. The molecule has 2 aromatic rings. The monoisotopic (exact) mass is 407 g/mol. The Morgan fingerprint density at radius 2 is 1.80 bits per heavy atom. The van der Waals surface area contributed by atoms with Gasteiger partial charge < -0.3 is 10.1 Å². The SMILES string of the molecule is CN(C(=O)OC(C)(C)C)c1cccc2c1C1(CCN(Cc3ccccc3)CC1)CN2. The van der Waals surface area contributed by atoms with Gasteiger partial charge in [0.1, 0.15) is 5.60 Å². The number of fused-ring (bicyclic) bond motifs is 2. The second kappa shape index (κ2) is 7.95. The third kappa shape index (κ3) is 4.17. The molecule has 0 radical (unpaired) electrons. The zero-order valence-corrected chi connectivity index (χ0v) is 18.6. The lowest BCUT2D eigenvalue weighted by molar-refractivity contribution is 0.0588. The number of benzene rings is 2. The lowest BCUT2D eigenvalue weighted by atomic mass is 9.73. The van der Waals surface area contributed by atoms with E-state index in [9.17, 15) is 4.79 Å². The fraction of sp³-hybridized carbons (Fsp3) is 0.480. The van der Waals surface area contributed by atoms with Crippen LogP contribution in [0.4, 0.5) is 16.2 Å². The third-order valence-corrected chi connectivity index (χ3v) is 6.28. The third-order valence-electron chi connectivity index (χ3n) is 6.28. The summed E-state index contributed by atoms with van der Waals surface area (Å²) in [5.74, 6) is 0. The summed E-state index contributed by atoms with van der Waals surface area (Å²) in [5, 5.41) is 3.61. The van der Waals surface area contributed by atoms with E-state index in [1.807, 2.05) is 40.0 Å². The van der Waals surface area contributed by atoms with Gasteiger partial charge in [-0.3, -0.25) is 9.80 Å². The van der Waals surface area contributed by atoms with Crippen LogP contribution in [-0.4, -0.2) is 43.3 Å². The molecule has 0 aliphatic carbocycles. The van der Waals surface area contributed by atoms with E-state index >= 15 is 0 Å². The largest absolute Gasteiger partial charge is 0.443 e. The summed E-state index contributed by atoms with van der Waals surface area (Å²) in [4.78, 5) is 17.0. The minimum absolute atomic E-state index is 0.0649. The van der Waals surface area contributed by atoms with E-state index in [-0.39, 0.29) is 11.5 Å². The molecule has 1 amide bonds. The molecule has 5 nitrogen and oxygen atoms in total. The normalized spacial score (nSPS) is 18.0. The maximum Gasteiger partial charge on any atom is 0.414 e. The summed E-state index contributed by atoms with van der Waals surface area (Å²) in [6, 6.07) is 16.9. The number of rotatable bonds is 3. The van der Waals surface area contributed by atoms with Crippen molar-refractivity contribution in [2.45, 2.75) is 51.2 Å². The Labute approximate surface area is 180 Å². The summed E-state index contributed by atoms with van der Waals surface area (Å²) >= 11 is 0. The Balaban J connectivity index is 1.53. The highest BCUT2D eigenvalue weighted by molar-refractivity contribution is 5.91. The number of nitrogens with one attached hydrogen (secondary N) is 1. The van der Waals surface area contributed by atoms with E-state index in [4.69, 9.17) is 4.74 Å². The quantitative estimate of drug-likeness (QED) is 0.776. The number of anilines is 2. The molecule has 1 saturated heterocycles. The molecule has 0 aromatic heterocycles. The number of carbonyl (C=O) groups excluding carboxylic acids is 1. The lowest BCUT2D eigenvalue weighted by Gasteiger charge is -2.40. The lowest BCUT2D eigenvalue weighted by Crippen LogP contribution is -2.44. The van der Waals surface area contributed by atoms with Gasteiger partial charge in [0.15, 0.2) is 0 Å². The summed E-state index contributed by atoms with van der Waals surface area (Å²) in [5.41, 5.74) is 4.31. The Bertz CT molecular complexity index is 896. The van der Waals surface area contributed by atoms with E-state index in [1.54, 1.807) is 4.90 Å². The van der Waals surface area contributed by atoms with Crippen LogP contribution in [0, 0.1) is 0 Å². The molecule has 5 heteroatoms. The Morgan fingerprint density at radius 3 is 2.47 bits per heavy atom. The van der Waals surface area contributed by atoms with Crippen LogP contribution < -0.4 is 10.2 Å². The van der Waals surface area contributed by atoms with Crippen LogP contribution in [0.5, 0.6) is 0 Å². The van der Waals surface area contributed by atoms with Crippen LogP contribution in [0.3, 0.4) is 0 Å². The van der Waals surface area contributed by atoms with Gasteiger partial charge in [0, 0.05) is 36.8 Å². The van der Waals surface area contributed by atoms with E-state index in [2.05, 4.69) is 46.6 Å². The van der Waals surface area contributed by atoms with Crippen molar-refractivity contribution in [3.8, 4) is 0 Å². The van der Waals surface area contributed by atoms with Crippen molar-refractivity contribution >= 4 is 17.5 Å². The standard InChI is InChI=1S/C25H33N3O2/c1-24(2,3)30-23(29)27(4)21-12-8-11-20-22(21)25(18-26-20)13-15-28(16-14-25)17-19-9-6-5-7-10-19/h5-12,26H,13-18H2,1-4H3. The molecule has 0 saturated carbocycles. The van der Waals surface area contributed by atoms with Crippen molar-refractivity contribution in [2.24, 2.45) is 0 Å². The maximum absolute atomic E-state index is 12.8. The fourth-order valence-electron chi connectivity index (χ4n) is 4.71. The van der Waals surface area contributed by atoms with Crippen LogP contribution in [-0.2, 0) is 16.7 Å². The molecule has 2 aliphatic rings. The molecule has 1 spiro atoms. The van der Waals surface area contributed by atoms with Gasteiger partial charge >= 0.3 is 6.09 Å². The average Bonchev–Trinajstić information content (AvgIpc) is 3.07. The first-order valence-corrected chi connectivity index (χ1v) is 10.9. The van der Waals surface area contributed by atoms with Crippen molar-refractivity contribution in [3.63, 3.8) is 0 Å². The number of nitrogens with zero attached hydrogens (tertiary/aromatic N) is 2. The highest BCUT2D eigenvalue weighted by Crippen LogP contribution is 2.48. The average molecular weight is 408 g/mol. The van der Waals surface area contributed by atoms with Gasteiger partial charge in [-0.1, -0.05) is 36.4 Å². The number of likely N-dealkylation sites (tertiary alicyclic amines) is 1. The zero-order valence-electron chi connectivity index (χ0n) is 18.6. The molecule has 0 atom stereocenters. The molecule has 2 heterocycles. The molecule has 30 heavy (non-hydrogen) atoms. The smallest absolute Gasteiger partial charge is 0.414 e. The highest BCUT2D eigenvalue weighted by Gasteiger charge is 2.44.